The number of urea groups is 1. The number of carbonyl (C=O) groups is 2. The van der Waals surface area contributed by atoms with Gasteiger partial charge < -0.3 is 5.73 Å². The number of fused-ring (bicyclic) bond motifs is 1. The molecule has 0 saturated carbocycles. The van der Waals surface area contributed by atoms with Crippen molar-refractivity contribution in [3.63, 3.8) is 0 Å². The lowest BCUT2D eigenvalue weighted by atomic mass is 10.2. The third kappa shape index (κ3) is 3.44. The van der Waals surface area contributed by atoms with Gasteiger partial charge in [-0.05, 0) is 37.8 Å². The lowest BCUT2D eigenvalue weighted by Gasteiger charge is -2.05. The topological polar surface area (TPSA) is 128 Å². The number of primary amides is 1. The number of nitrogens with one attached hydrogen (secondary N) is 2. The van der Waals surface area contributed by atoms with Crippen LogP contribution < -0.4 is 16.4 Å². The Morgan fingerprint density at radius 1 is 1.22 bits per heavy atom. The fraction of sp³-hybridized carbons (Fsp3) is 0.357. The monoisotopic (exact) mass is 315 g/mol. The maximum atomic E-state index is 12.0. The lowest BCUT2D eigenvalue weighted by molar-refractivity contribution is -0.118. The highest BCUT2D eigenvalue weighted by molar-refractivity contribution is 5.98. The van der Waals surface area contributed by atoms with E-state index in [9.17, 15) is 9.59 Å². The standard InChI is InChI=1S/C14H17N7O2/c1-8-5-13(20-21(8)7-11(15)22)17-14(23)16-12-6-9-3-2-4-10(9)18-19-12/h5-6H,2-4,7H2,1H3,(H2,15,22)(H2,16,17,19,20,23). The minimum atomic E-state index is -0.499. The SMILES string of the molecule is Cc1cc(NC(=O)Nc2cc3c(nn2)CCC3)nn1CC(N)=O. The van der Waals surface area contributed by atoms with Crippen molar-refractivity contribution < 1.29 is 9.59 Å². The highest BCUT2D eigenvalue weighted by Crippen LogP contribution is 2.21. The highest BCUT2D eigenvalue weighted by atomic mass is 16.2. The molecule has 0 fully saturated rings. The average molecular weight is 315 g/mol. The molecule has 1 aliphatic rings. The van der Waals surface area contributed by atoms with E-state index in [0.29, 0.717) is 11.6 Å². The molecule has 1 aliphatic carbocycles. The van der Waals surface area contributed by atoms with Crippen LogP contribution in [-0.4, -0.2) is 31.9 Å². The van der Waals surface area contributed by atoms with Crippen LogP contribution in [-0.2, 0) is 24.2 Å². The van der Waals surface area contributed by atoms with Gasteiger partial charge in [0.25, 0.3) is 0 Å². The summed E-state index contributed by atoms with van der Waals surface area (Å²) >= 11 is 0. The van der Waals surface area contributed by atoms with E-state index < -0.39 is 11.9 Å². The van der Waals surface area contributed by atoms with Crippen molar-refractivity contribution in [3.05, 3.63) is 29.1 Å². The van der Waals surface area contributed by atoms with E-state index in [4.69, 9.17) is 5.73 Å². The molecule has 23 heavy (non-hydrogen) atoms. The Kier molecular flexibility index (Phi) is 3.92. The number of nitrogens with two attached hydrogens (primary N) is 1. The maximum absolute atomic E-state index is 12.0. The Balaban J connectivity index is 1.64. The average Bonchev–Trinajstić information content (AvgIpc) is 3.05. The van der Waals surface area contributed by atoms with Crippen molar-refractivity contribution in [2.24, 2.45) is 5.73 Å². The third-order valence-corrected chi connectivity index (χ3v) is 3.59. The van der Waals surface area contributed by atoms with Gasteiger partial charge >= 0.3 is 6.03 Å². The molecule has 0 aromatic carbocycles. The summed E-state index contributed by atoms with van der Waals surface area (Å²) in [7, 11) is 0. The van der Waals surface area contributed by atoms with Crippen LogP contribution >= 0.6 is 0 Å². The Hall–Kier alpha value is -2.97. The zero-order valence-electron chi connectivity index (χ0n) is 12.7. The van der Waals surface area contributed by atoms with Gasteiger partial charge in [0.2, 0.25) is 5.91 Å². The zero-order valence-corrected chi connectivity index (χ0v) is 12.7. The summed E-state index contributed by atoms with van der Waals surface area (Å²) in [6.45, 7) is 1.73. The molecule has 3 rings (SSSR count). The lowest BCUT2D eigenvalue weighted by Crippen LogP contribution is -2.22. The molecule has 120 valence electrons. The number of nitrogens with zero attached hydrogens (tertiary/aromatic N) is 4. The Bertz CT molecular complexity index is 768. The van der Waals surface area contributed by atoms with Crippen molar-refractivity contribution >= 4 is 23.6 Å². The zero-order chi connectivity index (χ0) is 16.4. The van der Waals surface area contributed by atoms with E-state index in [0.717, 1.165) is 36.2 Å². The molecule has 3 amide bonds. The van der Waals surface area contributed by atoms with Crippen LogP contribution in [0.15, 0.2) is 12.1 Å². The van der Waals surface area contributed by atoms with Crippen LogP contribution in [0.3, 0.4) is 0 Å². The molecule has 0 atom stereocenters. The van der Waals surface area contributed by atoms with Crippen LogP contribution in [0.25, 0.3) is 0 Å². The summed E-state index contributed by atoms with van der Waals surface area (Å²) in [5.41, 5.74) is 7.97. The van der Waals surface area contributed by atoms with Crippen molar-refractivity contribution in [1.82, 2.24) is 20.0 Å². The summed E-state index contributed by atoms with van der Waals surface area (Å²) in [4.78, 5) is 22.9. The Labute approximate surface area is 132 Å². The van der Waals surface area contributed by atoms with Gasteiger partial charge in [-0.1, -0.05) is 0 Å². The molecule has 9 heteroatoms. The number of carbonyl (C=O) groups excluding carboxylic acids is 2. The first-order valence-electron chi connectivity index (χ1n) is 7.27. The van der Waals surface area contributed by atoms with Gasteiger partial charge in [0.1, 0.15) is 6.54 Å². The summed E-state index contributed by atoms with van der Waals surface area (Å²) < 4.78 is 1.42. The van der Waals surface area contributed by atoms with Crippen LogP contribution in [0, 0.1) is 6.92 Å². The van der Waals surface area contributed by atoms with E-state index >= 15 is 0 Å². The number of aryl methyl sites for hydroxylation is 3. The molecule has 0 spiro atoms. The van der Waals surface area contributed by atoms with Crippen molar-refractivity contribution in [1.29, 1.82) is 0 Å². The molecule has 2 heterocycles. The summed E-state index contributed by atoms with van der Waals surface area (Å²) in [5, 5.41) is 17.4. The molecular formula is C14H17N7O2. The minimum Gasteiger partial charge on any atom is -0.368 e. The van der Waals surface area contributed by atoms with Crippen molar-refractivity contribution in [2.45, 2.75) is 32.7 Å². The third-order valence-electron chi connectivity index (χ3n) is 3.59. The maximum Gasteiger partial charge on any atom is 0.326 e. The Morgan fingerprint density at radius 2 is 2.00 bits per heavy atom. The van der Waals surface area contributed by atoms with Crippen molar-refractivity contribution in [2.75, 3.05) is 10.6 Å². The number of anilines is 2. The molecule has 2 aromatic rings. The van der Waals surface area contributed by atoms with Gasteiger partial charge in [-0.2, -0.15) is 10.2 Å². The normalized spacial score (nSPS) is 12.7. The quantitative estimate of drug-likeness (QED) is 0.761. The molecule has 0 radical (unpaired) electrons. The number of hydrogen-bond acceptors (Lipinski definition) is 5. The van der Waals surface area contributed by atoms with Gasteiger partial charge in [0.15, 0.2) is 11.6 Å². The molecule has 0 bridgehead atoms. The van der Waals surface area contributed by atoms with E-state index in [1.54, 1.807) is 13.0 Å². The second-order valence-electron chi connectivity index (χ2n) is 5.43. The predicted molar refractivity (Wildman–Crippen MR) is 82.9 cm³/mol. The summed E-state index contributed by atoms with van der Waals surface area (Å²) in [5.74, 6) is 0.229. The van der Waals surface area contributed by atoms with Gasteiger partial charge in [-0.15, -0.1) is 5.10 Å². The minimum absolute atomic E-state index is 0.0363. The fourth-order valence-electron chi connectivity index (χ4n) is 2.53. The van der Waals surface area contributed by atoms with E-state index in [1.807, 2.05) is 6.07 Å². The van der Waals surface area contributed by atoms with Crippen LogP contribution in [0.5, 0.6) is 0 Å². The number of rotatable bonds is 4. The second-order valence-corrected chi connectivity index (χ2v) is 5.43. The summed E-state index contributed by atoms with van der Waals surface area (Å²) in [6.07, 6.45) is 2.96. The molecule has 0 aliphatic heterocycles. The van der Waals surface area contributed by atoms with Gasteiger partial charge in [-0.25, -0.2) is 4.79 Å². The summed E-state index contributed by atoms with van der Waals surface area (Å²) in [6, 6.07) is 3.02. The first-order chi connectivity index (χ1) is 11.0. The number of amides is 3. The molecule has 0 saturated heterocycles. The number of hydrogen-bond donors (Lipinski definition) is 3. The Morgan fingerprint density at radius 3 is 2.78 bits per heavy atom. The first kappa shape index (κ1) is 14.9. The second kappa shape index (κ2) is 6.03. The van der Waals surface area contributed by atoms with Crippen LogP contribution in [0.1, 0.15) is 23.4 Å². The predicted octanol–water partition coefficient (Wildman–Crippen LogP) is 0.600. The van der Waals surface area contributed by atoms with Gasteiger partial charge in [-0.3, -0.25) is 20.1 Å². The van der Waals surface area contributed by atoms with E-state index in [-0.39, 0.29) is 6.54 Å². The molecule has 9 nitrogen and oxygen atoms in total. The van der Waals surface area contributed by atoms with E-state index in [2.05, 4.69) is 25.9 Å². The van der Waals surface area contributed by atoms with Crippen LogP contribution in [0.2, 0.25) is 0 Å². The first-order valence-corrected chi connectivity index (χ1v) is 7.27. The van der Waals surface area contributed by atoms with Gasteiger partial charge in [0.05, 0.1) is 5.69 Å². The molecule has 4 N–H and O–H groups in total. The molecule has 2 aromatic heterocycles. The van der Waals surface area contributed by atoms with Gasteiger partial charge in [0, 0.05) is 11.8 Å². The largest absolute Gasteiger partial charge is 0.368 e. The fourth-order valence-corrected chi connectivity index (χ4v) is 2.53. The number of aromatic nitrogens is 4. The molecular weight excluding hydrogens is 298 g/mol. The van der Waals surface area contributed by atoms with Crippen LogP contribution in [0.4, 0.5) is 16.4 Å². The smallest absolute Gasteiger partial charge is 0.326 e. The highest BCUT2D eigenvalue weighted by Gasteiger charge is 2.15. The molecule has 0 unspecified atom stereocenters. The van der Waals surface area contributed by atoms with E-state index in [1.165, 1.54) is 4.68 Å². The van der Waals surface area contributed by atoms with Crippen molar-refractivity contribution in [3.8, 4) is 0 Å².